The van der Waals surface area contributed by atoms with Crippen LogP contribution in [-0.2, 0) is 0 Å². The minimum atomic E-state index is 0.853. The standard InChI is InChI=1S/C21H43NS.C21H45NS/c1-3-5-6-7-8-9-10-11-12-13-14-15-16-17-18-19-20-22-21(23)4-2;1-2-3-4-5-6-7-8-9-10-11-12-13-14-15-16-17-20-23-21-18-19-22/h3-20H2,1-2H3,(H,22,23);2-22H2,1H3. The van der Waals surface area contributed by atoms with Gasteiger partial charge in [-0.3, -0.25) is 0 Å². The zero-order chi connectivity index (χ0) is 33.9. The quantitative estimate of drug-likeness (QED) is 0.0501. The average Bonchev–Trinajstić information content (AvgIpc) is 3.07. The molecule has 0 heterocycles. The minimum absolute atomic E-state index is 0.853. The first-order valence-electron chi connectivity index (χ1n) is 21.3. The second-order valence-corrected chi connectivity index (χ2v) is 15.8. The van der Waals surface area contributed by atoms with Gasteiger partial charge >= 0.3 is 0 Å². The zero-order valence-corrected chi connectivity index (χ0v) is 33.9. The van der Waals surface area contributed by atoms with Crippen molar-refractivity contribution >= 4 is 29.0 Å². The lowest BCUT2D eigenvalue weighted by Gasteiger charge is -2.05. The van der Waals surface area contributed by atoms with Gasteiger partial charge in [0.15, 0.2) is 0 Å². The van der Waals surface area contributed by atoms with Crippen LogP contribution >= 0.6 is 24.0 Å². The van der Waals surface area contributed by atoms with Gasteiger partial charge in [-0.25, -0.2) is 0 Å². The van der Waals surface area contributed by atoms with E-state index in [9.17, 15) is 0 Å². The molecule has 46 heavy (non-hydrogen) atoms. The summed E-state index contributed by atoms with van der Waals surface area (Å²) < 4.78 is 0. The maximum Gasteiger partial charge on any atom is 0.0750 e. The Morgan fingerprint density at radius 2 is 0.696 bits per heavy atom. The number of nitrogens with two attached hydrogens (primary N) is 1. The lowest BCUT2D eigenvalue weighted by Crippen LogP contribution is -2.21. The fourth-order valence-corrected chi connectivity index (χ4v) is 7.15. The van der Waals surface area contributed by atoms with E-state index in [1.165, 1.54) is 223 Å². The maximum atomic E-state index is 5.49. The van der Waals surface area contributed by atoms with E-state index in [1.54, 1.807) is 0 Å². The molecule has 0 aliphatic rings. The van der Waals surface area contributed by atoms with Crippen molar-refractivity contribution < 1.29 is 0 Å². The van der Waals surface area contributed by atoms with Crippen LogP contribution in [0.2, 0.25) is 0 Å². The molecule has 0 atom stereocenters. The van der Waals surface area contributed by atoms with Crippen molar-refractivity contribution in [3.63, 3.8) is 0 Å². The summed E-state index contributed by atoms with van der Waals surface area (Å²) in [5.41, 5.74) is 5.49. The van der Waals surface area contributed by atoms with Crippen molar-refractivity contribution in [2.24, 2.45) is 5.73 Å². The van der Waals surface area contributed by atoms with Crippen LogP contribution in [0.15, 0.2) is 0 Å². The summed E-state index contributed by atoms with van der Waals surface area (Å²) >= 11 is 7.24. The van der Waals surface area contributed by atoms with E-state index in [0.717, 1.165) is 24.5 Å². The van der Waals surface area contributed by atoms with Crippen LogP contribution < -0.4 is 11.1 Å². The molecule has 0 fully saturated rings. The van der Waals surface area contributed by atoms with E-state index in [1.807, 2.05) is 0 Å². The van der Waals surface area contributed by atoms with Crippen molar-refractivity contribution in [3.05, 3.63) is 0 Å². The second-order valence-electron chi connectivity index (χ2n) is 14.1. The molecule has 0 bridgehead atoms. The fraction of sp³-hybridized carbons (Fsp3) is 0.976. The van der Waals surface area contributed by atoms with Crippen LogP contribution in [0.25, 0.3) is 0 Å². The Bertz CT molecular complexity index is 508. The number of thiocarbonyl (C=S) groups is 1. The molecular formula is C42H88N2S2. The highest BCUT2D eigenvalue weighted by Crippen LogP contribution is 2.15. The molecule has 0 spiro atoms. The number of unbranched alkanes of at least 4 members (excludes halogenated alkanes) is 30. The molecule has 0 aliphatic carbocycles. The second kappa shape index (κ2) is 47.3. The first-order chi connectivity index (χ1) is 22.7. The largest absolute Gasteiger partial charge is 0.380 e. The monoisotopic (exact) mass is 685 g/mol. The third-order valence-electron chi connectivity index (χ3n) is 9.31. The first kappa shape index (κ1) is 48.3. The van der Waals surface area contributed by atoms with Crippen LogP contribution in [-0.4, -0.2) is 29.6 Å². The van der Waals surface area contributed by atoms with Crippen molar-refractivity contribution in [1.29, 1.82) is 0 Å². The summed E-state index contributed by atoms with van der Waals surface area (Å²) in [5.74, 6) is 2.60. The van der Waals surface area contributed by atoms with Gasteiger partial charge in [0.05, 0.1) is 4.99 Å². The third-order valence-corrected chi connectivity index (χ3v) is 10.9. The summed E-state index contributed by atoms with van der Waals surface area (Å²) in [6, 6.07) is 0. The normalized spacial score (nSPS) is 11.0. The van der Waals surface area contributed by atoms with Crippen LogP contribution in [0, 0.1) is 0 Å². The van der Waals surface area contributed by atoms with Gasteiger partial charge in [0.25, 0.3) is 0 Å². The Morgan fingerprint density at radius 3 is 1.00 bits per heavy atom. The lowest BCUT2D eigenvalue weighted by molar-refractivity contribution is 0.529. The average molecular weight is 685 g/mol. The van der Waals surface area contributed by atoms with Crippen molar-refractivity contribution in [2.45, 2.75) is 239 Å². The van der Waals surface area contributed by atoms with Crippen LogP contribution in [0.4, 0.5) is 0 Å². The van der Waals surface area contributed by atoms with Crippen molar-refractivity contribution in [2.75, 3.05) is 24.6 Å². The molecule has 0 unspecified atom stereocenters. The van der Waals surface area contributed by atoms with Gasteiger partial charge in [-0.1, -0.05) is 226 Å². The highest BCUT2D eigenvalue weighted by molar-refractivity contribution is 7.99. The van der Waals surface area contributed by atoms with Crippen molar-refractivity contribution in [1.82, 2.24) is 5.32 Å². The molecular weight excluding hydrogens is 597 g/mol. The van der Waals surface area contributed by atoms with Gasteiger partial charge < -0.3 is 11.1 Å². The molecule has 4 heteroatoms. The number of nitrogens with one attached hydrogen (secondary N) is 1. The third kappa shape index (κ3) is 48.6. The molecule has 2 nitrogen and oxygen atoms in total. The molecule has 278 valence electrons. The Hall–Kier alpha value is 0.200. The maximum absolute atomic E-state index is 5.49. The molecule has 0 aromatic heterocycles. The summed E-state index contributed by atoms with van der Waals surface area (Å²) in [5, 5.41) is 3.31. The van der Waals surface area contributed by atoms with Gasteiger partial charge in [0.1, 0.15) is 0 Å². The highest BCUT2D eigenvalue weighted by Gasteiger charge is 1.97. The predicted molar refractivity (Wildman–Crippen MR) is 221 cm³/mol. The molecule has 0 aromatic carbocycles. The molecule has 0 saturated carbocycles. The smallest absolute Gasteiger partial charge is 0.0750 e. The Balaban J connectivity index is 0. The minimum Gasteiger partial charge on any atom is -0.380 e. The topological polar surface area (TPSA) is 38.0 Å². The molecule has 0 saturated heterocycles. The summed E-state index contributed by atoms with van der Waals surface area (Å²) in [7, 11) is 0. The van der Waals surface area contributed by atoms with E-state index in [0.29, 0.717) is 0 Å². The van der Waals surface area contributed by atoms with E-state index in [2.05, 4.69) is 37.8 Å². The number of rotatable bonds is 38. The molecule has 0 aromatic rings. The first-order valence-corrected chi connectivity index (χ1v) is 22.8. The van der Waals surface area contributed by atoms with Crippen LogP contribution in [0.3, 0.4) is 0 Å². The van der Waals surface area contributed by atoms with Gasteiger partial charge in [-0.15, -0.1) is 0 Å². The Kier molecular flexibility index (Phi) is 49.7. The zero-order valence-electron chi connectivity index (χ0n) is 32.3. The Morgan fingerprint density at radius 1 is 0.413 bits per heavy atom. The molecule has 0 rings (SSSR count). The van der Waals surface area contributed by atoms with Gasteiger partial charge in [-0.2, -0.15) is 11.8 Å². The predicted octanol–water partition coefficient (Wildman–Crippen LogP) is 14.9. The fourth-order valence-electron chi connectivity index (χ4n) is 6.07. The molecule has 0 aliphatic heterocycles. The SMILES string of the molecule is CCCCCCCCCCCCCCCCCCNC(=S)CC.CCCCCCCCCCCCCCCCCCSCCCN. The molecule has 0 radical (unpaired) electrons. The Labute approximate surface area is 302 Å². The van der Waals surface area contributed by atoms with E-state index in [4.69, 9.17) is 18.0 Å². The highest BCUT2D eigenvalue weighted by atomic mass is 32.2. The summed E-state index contributed by atoms with van der Waals surface area (Å²) in [6.45, 7) is 8.63. The lowest BCUT2D eigenvalue weighted by atomic mass is 10.0. The van der Waals surface area contributed by atoms with Gasteiger partial charge in [0, 0.05) is 6.54 Å². The molecule has 0 amide bonds. The number of thioether (sulfide) groups is 1. The van der Waals surface area contributed by atoms with E-state index < -0.39 is 0 Å². The van der Waals surface area contributed by atoms with Crippen molar-refractivity contribution in [3.8, 4) is 0 Å². The van der Waals surface area contributed by atoms with Gasteiger partial charge in [0.2, 0.25) is 0 Å². The number of hydrogen-bond donors (Lipinski definition) is 2. The van der Waals surface area contributed by atoms with E-state index in [-0.39, 0.29) is 0 Å². The summed E-state index contributed by atoms with van der Waals surface area (Å²) in [4.78, 5) is 1.02. The van der Waals surface area contributed by atoms with Crippen LogP contribution in [0.5, 0.6) is 0 Å². The van der Waals surface area contributed by atoms with Crippen LogP contribution in [0.1, 0.15) is 239 Å². The molecule has 3 N–H and O–H groups in total. The van der Waals surface area contributed by atoms with E-state index >= 15 is 0 Å². The summed E-state index contributed by atoms with van der Waals surface area (Å²) in [6.07, 6.45) is 48.4. The van der Waals surface area contributed by atoms with Gasteiger partial charge in [-0.05, 0) is 43.7 Å². The number of hydrogen-bond acceptors (Lipinski definition) is 3.